The Labute approximate surface area is 87.5 Å². The van der Waals surface area contributed by atoms with E-state index in [-0.39, 0.29) is 5.91 Å². The quantitative estimate of drug-likeness (QED) is 0.451. The summed E-state index contributed by atoms with van der Waals surface area (Å²) in [7, 11) is 0. The highest BCUT2D eigenvalue weighted by molar-refractivity contribution is 7.13. The Kier molecular flexibility index (Phi) is 3.60. The maximum absolute atomic E-state index is 11.3. The van der Waals surface area contributed by atoms with Crippen LogP contribution in [0.3, 0.4) is 0 Å². The number of carbonyl (C=O) groups excluding carboxylic acids is 1. The van der Waals surface area contributed by atoms with Crippen molar-refractivity contribution in [1.82, 2.24) is 10.4 Å². The molecule has 0 saturated heterocycles. The van der Waals surface area contributed by atoms with Crippen LogP contribution in [0.25, 0.3) is 0 Å². The Morgan fingerprint density at radius 3 is 2.79 bits per heavy atom. The fourth-order valence-corrected chi connectivity index (χ4v) is 2.34. The third-order valence-electron chi connectivity index (χ3n) is 1.76. The van der Waals surface area contributed by atoms with Gasteiger partial charge in [-0.3, -0.25) is 10.2 Å². The van der Waals surface area contributed by atoms with E-state index >= 15 is 0 Å². The summed E-state index contributed by atoms with van der Waals surface area (Å²) in [6.07, 6.45) is 0.906. The maximum Gasteiger partial charge on any atom is 0.277 e. The Balaban J connectivity index is 2.87. The van der Waals surface area contributed by atoms with E-state index in [0.29, 0.717) is 10.8 Å². The summed E-state index contributed by atoms with van der Waals surface area (Å²) in [6.45, 7) is 6.07. The van der Waals surface area contributed by atoms with E-state index in [0.717, 1.165) is 17.1 Å². The third-order valence-corrected chi connectivity index (χ3v) is 2.94. The monoisotopic (exact) mass is 213 g/mol. The molecule has 0 bridgehead atoms. The van der Waals surface area contributed by atoms with Gasteiger partial charge >= 0.3 is 0 Å². The molecule has 0 saturated carbocycles. The Hall–Kier alpha value is -0.940. The van der Waals surface area contributed by atoms with Crippen molar-refractivity contribution in [3.63, 3.8) is 0 Å². The van der Waals surface area contributed by atoms with E-state index in [1.54, 1.807) is 0 Å². The van der Waals surface area contributed by atoms with Crippen molar-refractivity contribution in [2.75, 3.05) is 0 Å². The highest BCUT2D eigenvalue weighted by Gasteiger charge is 2.14. The summed E-state index contributed by atoms with van der Waals surface area (Å²) in [4.78, 5) is 16.2. The van der Waals surface area contributed by atoms with Crippen molar-refractivity contribution in [1.29, 1.82) is 0 Å². The zero-order valence-electron chi connectivity index (χ0n) is 8.63. The zero-order chi connectivity index (χ0) is 10.7. The van der Waals surface area contributed by atoms with Gasteiger partial charge in [0.15, 0.2) is 0 Å². The summed E-state index contributed by atoms with van der Waals surface area (Å²) < 4.78 is 0. The number of hydrogen-bond acceptors (Lipinski definition) is 4. The van der Waals surface area contributed by atoms with Crippen LogP contribution in [0.1, 0.15) is 34.2 Å². The zero-order valence-corrected chi connectivity index (χ0v) is 9.44. The van der Waals surface area contributed by atoms with Gasteiger partial charge in [-0.2, -0.15) is 0 Å². The van der Waals surface area contributed by atoms with Crippen molar-refractivity contribution in [2.24, 2.45) is 11.8 Å². The lowest BCUT2D eigenvalue weighted by Crippen LogP contribution is -2.29. The van der Waals surface area contributed by atoms with E-state index in [9.17, 15) is 4.79 Å². The second kappa shape index (κ2) is 4.52. The minimum absolute atomic E-state index is 0.255. The van der Waals surface area contributed by atoms with Crippen LogP contribution < -0.4 is 11.3 Å². The van der Waals surface area contributed by atoms with Crippen LogP contribution in [0.4, 0.5) is 0 Å². The number of aryl methyl sites for hydroxylation is 1. The molecule has 0 radical (unpaired) electrons. The molecule has 4 nitrogen and oxygen atoms in total. The number of nitrogen functional groups attached to an aromatic ring is 1. The molecule has 78 valence electrons. The van der Waals surface area contributed by atoms with Crippen molar-refractivity contribution < 1.29 is 4.79 Å². The van der Waals surface area contributed by atoms with Gasteiger partial charge in [0.05, 0.1) is 10.7 Å². The topological polar surface area (TPSA) is 68.0 Å². The van der Waals surface area contributed by atoms with Gasteiger partial charge < -0.3 is 0 Å². The van der Waals surface area contributed by atoms with Gasteiger partial charge in [0.2, 0.25) is 0 Å². The van der Waals surface area contributed by atoms with Crippen LogP contribution in [0.2, 0.25) is 0 Å². The molecule has 1 rings (SSSR count). The molecule has 0 aliphatic rings. The minimum atomic E-state index is -0.255. The molecule has 0 spiro atoms. The van der Waals surface area contributed by atoms with Crippen LogP contribution in [0.15, 0.2) is 0 Å². The lowest BCUT2D eigenvalue weighted by atomic mass is 10.1. The molecule has 0 aromatic carbocycles. The average Bonchev–Trinajstić information content (AvgIpc) is 2.44. The molecule has 0 unspecified atom stereocenters. The van der Waals surface area contributed by atoms with E-state index in [4.69, 9.17) is 5.84 Å². The van der Waals surface area contributed by atoms with Crippen LogP contribution in [-0.4, -0.2) is 10.9 Å². The van der Waals surface area contributed by atoms with Crippen molar-refractivity contribution in [3.8, 4) is 0 Å². The SMILES string of the molecule is Cc1nc(CC(C)C)sc1C(=O)NN. The summed E-state index contributed by atoms with van der Waals surface area (Å²) in [6, 6.07) is 0. The number of amides is 1. The molecule has 1 aromatic rings. The molecule has 1 amide bonds. The molecular weight excluding hydrogens is 198 g/mol. The minimum Gasteiger partial charge on any atom is -0.289 e. The maximum atomic E-state index is 11.3. The molecule has 5 heteroatoms. The second-order valence-electron chi connectivity index (χ2n) is 3.59. The third kappa shape index (κ3) is 2.52. The molecule has 0 aliphatic carbocycles. The second-order valence-corrected chi connectivity index (χ2v) is 4.68. The number of aromatic nitrogens is 1. The molecule has 14 heavy (non-hydrogen) atoms. The number of hydrazine groups is 1. The molecule has 3 N–H and O–H groups in total. The van der Waals surface area contributed by atoms with Gasteiger partial charge in [-0.25, -0.2) is 10.8 Å². The fraction of sp³-hybridized carbons (Fsp3) is 0.556. The van der Waals surface area contributed by atoms with Gasteiger partial charge in [0.25, 0.3) is 5.91 Å². The molecule has 1 heterocycles. The summed E-state index contributed by atoms with van der Waals surface area (Å²) >= 11 is 1.42. The van der Waals surface area contributed by atoms with Crippen molar-refractivity contribution in [3.05, 3.63) is 15.6 Å². The predicted molar refractivity (Wildman–Crippen MR) is 57.0 cm³/mol. The number of nitrogens with one attached hydrogen (secondary N) is 1. The predicted octanol–water partition coefficient (Wildman–Crippen LogP) is 1.25. The lowest BCUT2D eigenvalue weighted by molar-refractivity contribution is 0.0957. The Morgan fingerprint density at radius 1 is 1.64 bits per heavy atom. The largest absolute Gasteiger partial charge is 0.289 e. The molecule has 0 aliphatic heterocycles. The highest BCUT2D eigenvalue weighted by atomic mass is 32.1. The summed E-state index contributed by atoms with van der Waals surface area (Å²) in [5.74, 6) is 5.36. The number of nitrogens with two attached hydrogens (primary N) is 1. The first-order valence-electron chi connectivity index (χ1n) is 4.51. The molecule has 1 aromatic heterocycles. The molecule has 0 fully saturated rings. The number of rotatable bonds is 3. The Bertz CT molecular complexity index is 333. The molecular formula is C9H15N3OS. The number of nitrogens with zero attached hydrogens (tertiary/aromatic N) is 1. The first-order valence-corrected chi connectivity index (χ1v) is 5.33. The number of hydrogen-bond donors (Lipinski definition) is 2. The van der Waals surface area contributed by atoms with Gasteiger partial charge in [-0.05, 0) is 12.8 Å². The number of thiazole rings is 1. The van der Waals surface area contributed by atoms with Crippen LogP contribution in [0, 0.1) is 12.8 Å². The first kappa shape index (κ1) is 11.1. The molecule has 0 atom stereocenters. The normalized spacial score (nSPS) is 10.6. The first-order chi connectivity index (χ1) is 6.54. The van der Waals surface area contributed by atoms with Crippen molar-refractivity contribution >= 4 is 17.2 Å². The summed E-state index contributed by atoms with van der Waals surface area (Å²) in [5, 5.41) is 0.996. The van der Waals surface area contributed by atoms with Crippen LogP contribution in [0.5, 0.6) is 0 Å². The van der Waals surface area contributed by atoms with E-state index < -0.39 is 0 Å². The van der Waals surface area contributed by atoms with E-state index in [2.05, 4.69) is 24.3 Å². The standard InChI is InChI=1S/C9H15N3OS/c1-5(2)4-7-11-6(3)8(14-7)9(13)12-10/h5H,4,10H2,1-3H3,(H,12,13). The van der Waals surface area contributed by atoms with Gasteiger partial charge in [-0.15, -0.1) is 11.3 Å². The van der Waals surface area contributed by atoms with Crippen molar-refractivity contribution in [2.45, 2.75) is 27.2 Å². The van der Waals surface area contributed by atoms with Gasteiger partial charge in [0, 0.05) is 6.42 Å². The van der Waals surface area contributed by atoms with E-state index in [1.165, 1.54) is 11.3 Å². The van der Waals surface area contributed by atoms with Gasteiger partial charge in [0.1, 0.15) is 4.88 Å². The Morgan fingerprint density at radius 2 is 2.29 bits per heavy atom. The van der Waals surface area contributed by atoms with Crippen LogP contribution >= 0.6 is 11.3 Å². The van der Waals surface area contributed by atoms with Gasteiger partial charge in [-0.1, -0.05) is 13.8 Å². The van der Waals surface area contributed by atoms with E-state index in [1.807, 2.05) is 6.92 Å². The summed E-state index contributed by atoms with van der Waals surface area (Å²) in [5.41, 5.74) is 2.88. The highest BCUT2D eigenvalue weighted by Crippen LogP contribution is 2.20. The average molecular weight is 213 g/mol. The fourth-order valence-electron chi connectivity index (χ4n) is 1.17. The number of carbonyl (C=O) groups is 1. The smallest absolute Gasteiger partial charge is 0.277 e. The lowest BCUT2D eigenvalue weighted by Gasteiger charge is -1.98. The van der Waals surface area contributed by atoms with Crippen LogP contribution in [-0.2, 0) is 6.42 Å².